The second-order valence-electron chi connectivity index (χ2n) is 4.63. The van der Waals surface area contributed by atoms with Crippen LogP contribution in [0.1, 0.15) is 0 Å². The summed E-state index contributed by atoms with van der Waals surface area (Å²) in [5, 5.41) is 0.377. The Morgan fingerprint density at radius 1 is 0.667 bits per heavy atom. The van der Waals surface area contributed by atoms with Gasteiger partial charge >= 0.3 is 0 Å². The van der Waals surface area contributed by atoms with E-state index in [1.165, 1.54) is 12.1 Å². The number of anilines is 3. The van der Waals surface area contributed by atoms with Crippen molar-refractivity contribution in [3.63, 3.8) is 0 Å². The van der Waals surface area contributed by atoms with Gasteiger partial charge in [-0.1, -0.05) is 48.0 Å². The topological polar surface area (TPSA) is 3.24 Å². The first-order valence-corrected chi connectivity index (χ1v) is 6.98. The van der Waals surface area contributed by atoms with Crippen molar-refractivity contribution in [1.82, 2.24) is 0 Å². The van der Waals surface area contributed by atoms with Gasteiger partial charge in [-0.15, -0.1) is 0 Å². The Kier molecular flexibility index (Phi) is 3.89. The van der Waals surface area contributed by atoms with Crippen molar-refractivity contribution in [1.29, 1.82) is 0 Å². The fourth-order valence-electron chi connectivity index (χ4n) is 2.27. The minimum absolute atomic E-state index is 0.352. The maximum absolute atomic E-state index is 13.7. The molecular weight excluding hydrogens is 285 g/mol. The lowest BCUT2D eigenvalue weighted by Gasteiger charge is -2.25. The monoisotopic (exact) mass is 297 g/mol. The van der Waals surface area contributed by atoms with E-state index in [0.29, 0.717) is 10.7 Å². The summed E-state index contributed by atoms with van der Waals surface area (Å²) in [4.78, 5) is 1.97. The highest BCUT2D eigenvalue weighted by atomic mass is 35.5. The van der Waals surface area contributed by atoms with Gasteiger partial charge in [0.25, 0.3) is 0 Å². The Morgan fingerprint density at radius 2 is 1.19 bits per heavy atom. The van der Waals surface area contributed by atoms with Crippen molar-refractivity contribution < 1.29 is 4.39 Å². The molecule has 0 spiro atoms. The van der Waals surface area contributed by atoms with Crippen LogP contribution >= 0.6 is 11.6 Å². The van der Waals surface area contributed by atoms with Gasteiger partial charge in [-0.05, 0) is 42.5 Å². The largest absolute Gasteiger partial charge is 0.310 e. The summed E-state index contributed by atoms with van der Waals surface area (Å²) in [6.07, 6.45) is 0. The molecule has 0 heterocycles. The van der Waals surface area contributed by atoms with Crippen LogP contribution in [0.4, 0.5) is 21.5 Å². The van der Waals surface area contributed by atoms with Crippen molar-refractivity contribution in [3.8, 4) is 0 Å². The molecule has 3 aromatic rings. The summed E-state index contributed by atoms with van der Waals surface area (Å²) in [5.74, 6) is -0.352. The van der Waals surface area contributed by atoms with Crippen molar-refractivity contribution in [2.75, 3.05) is 4.90 Å². The lowest BCUT2D eigenvalue weighted by atomic mass is 10.2. The molecule has 0 radical (unpaired) electrons. The van der Waals surface area contributed by atoms with E-state index in [4.69, 9.17) is 11.6 Å². The van der Waals surface area contributed by atoms with Crippen molar-refractivity contribution in [3.05, 3.63) is 89.7 Å². The van der Waals surface area contributed by atoms with E-state index >= 15 is 0 Å². The maximum Gasteiger partial charge on any atom is 0.126 e. The third-order valence-corrected chi connectivity index (χ3v) is 3.35. The molecule has 3 rings (SSSR count). The van der Waals surface area contributed by atoms with Crippen LogP contribution in [0.3, 0.4) is 0 Å². The summed E-state index contributed by atoms with van der Waals surface area (Å²) in [5.41, 5.74) is 2.59. The van der Waals surface area contributed by atoms with Gasteiger partial charge in [-0.25, -0.2) is 4.39 Å². The summed E-state index contributed by atoms with van der Waals surface area (Å²) >= 11 is 6.00. The Labute approximate surface area is 128 Å². The summed E-state index contributed by atoms with van der Waals surface area (Å²) in [7, 11) is 0. The summed E-state index contributed by atoms with van der Waals surface area (Å²) < 4.78 is 13.7. The third kappa shape index (κ3) is 3.06. The third-order valence-electron chi connectivity index (χ3n) is 3.13. The van der Waals surface area contributed by atoms with Gasteiger partial charge in [0.1, 0.15) is 5.82 Å². The van der Waals surface area contributed by atoms with E-state index in [1.807, 2.05) is 65.6 Å². The number of rotatable bonds is 3. The van der Waals surface area contributed by atoms with Crippen LogP contribution in [-0.2, 0) is 0 Å². The molecule has 0 N–H and O–H groups in total. The molecule has 21 heavy (non-hydrogen) atoms. The second kappa shape index (κ2) is 5.98. The second-order valence-corrected chi connectivity index (χ2v) is 5.07. The highest BCUT2D eigenvalue weighted by Gasteiger charge is 2.13. The smallest absolute Gasteiger partial charge is 0.126 e. The van der Waals surface area contributed by atoms with Crippen LogP contribution in [0, 0.1) is 5.82 Å². The number of para-hydroxylation sites is 2. The van der Waals surface area contributed by atoms with E-state index in [2.05, 4.69) is 0 Å². The Balaban J connectivity index is 2.17. The molecule has 104 valence electrons. The van der Waals surface area contributed by atoms with Gasteiger partial charge in [0.2, 0.25) is 0 Å². The minimum Gasteiger partial charge on any atom is -0.310 e. The molecule has 3 aromatic carbocycles. The van der Waals surface area contributed by atoms with E-state index in [9.17, 15) is 4.39 Å². The molecule has 0 saturated heterocycles. The normalized spacial score (nSPS) is 10.4. The quantitative estimate of drug-likeness (QED) is 0.577. The molecule has 0 aliphatic rings. The molecule has 3 heteroatoms. The predicted octanol–water partition coefficient (Wildman–Crippen LogP) is 5.95. The average Bonchev–Trinajstić information content (AvgIpc) is 2.49. The number of nitrogens with zero attached hydrogens (tertiary/aromatic N) is 1. The van der Waals surface area contributed by atoms with E-state index < -0.39 is 0 Å². The van der Waals surface area contributed by atoms with Crippen molar-refractivity contribution in [2.45, 2.75) is 0 Å². The molecule has 0 fully saturated rings. The Bertz CT molecular complexity index is 669. The molecule has 0 aromatic heterocycles. The van der Waals surface area contributed by atoms with Crippen LogP contribution in [0.25, 0.3) is 0 Å². The van der Waals surface area contributed by atoms with Crippen LogP contribution in [0.15, 0.2) is 78.9 Å². The lowest BCUT2D eigenvalue weighted by Crippen LogP contribution is -2.09. The highest BCUT2D eigenvalue weighted by Crippen LogP contribution is 2.35. The molecule has 0 aliphatic heterocycles. The maximum atomic E-state index is 13.7. The standard InChI is InChI=1S/C18H13ClFN/c19-14-11-15(20)13-18(12-14)21(16-7-3-1-4-8-16)17-9-5-2-6-10-17/h1-13H. The van der Waals surface area contributed by atoms with Crippen molar-refractivity contribution >= 4 is 28.7 Å². The fourth-order valence-corrected chi connectivity index (χ4v) is 2.49. The molecular formula is C18H13ClFN. The van der Waals surface area contributed by atoms with E-state index in [0.717, 1.165) is 11.4 Å². The minimum atomic E-state index is -0.352. The number of hydrogen-bond acceptors (Lipinski definition) is 1. The SMILES string of the molecule is Fc1cc(Cl)cc(N(c2ccccc2)c2ccccc2)c1. The molecule has 0 amide bonds. The van der Waals surface area contributed by atoms with Gasteiger partial charge in [-0.3, -0.25) is 0 Å². The van der Waals surface area contributed by atoms with Crippen molar-refractivity contribution in [2.24, 2.45) is 0 Å². The van der Waals surface area contributed by atoms with Gasteiger partial charge in [0.15, 0.2) is 0 Å². The molecule has 1 nitrogen and oxygen atoms in total. The molecule has 0 saturated carbocycles. The number of benzene rings is 3. The number of halogens is 2. The van der Waals surface area contributed by atoms with Gasteiger partial charge in [0, 0.05) is 16.4 Å². The zero-order valence-electron chi connectivity index (χ0n) is 11.2. The van der Waals surface area contributed by atoms with Crippen LogP contribution in [0.2, 0.25) is 5.02 Å². The first-order chi connectivity index (χ1) is 10.2. The predicted molar refractivity (Wildman–Crippen MR) is 86.1 cm³/mol. The Hall–Kier alpha value is -2.32. The molecule has 0 aliphatic carbocycles. The lowest BCUT2D eigenvalue weighted by molar-refractivity contribution is 0.628. The van der Waals surface area contributed by atoms with Crippen LogP contribution in [0.5, 0.6) is 0 Å². The van der Waals surface area contributed by atoms with Gasteiger partial charge in [0.05, 0.1) is 5.69 Å². The van der Waals surface area contributed by atoms with E-state index in [1.54, 1.807) is 6.07 Å². The number of hydrogen-bond donors (Lipinski definition) is 0. The zero-order valence-corrected chi connectivity index (χ0v) is 12.0. The Morgan fingerprint density at radius 3 is 1.67 bits per heavy atom. The zero-order chi connectivity index (χ0) is 14.7. The molecule has 0 bridgehead atoms. The molecule has 0 unspecified atom stereocenters. The molecule has 0 atom stereocenters. The summed E-state index contributed by atoms with van der Waals surface area (Å²) in [6, 6.07) is 24.2. The van der Waals surface area contributed by atoms with Crippen LogP contribution in [-0.4, -0.2) is 0 Å². The first kappa shape index (κ1) is 13.7. The van der Waals surface area contributed by atoms with Gasteiger partial charge < -0.3 is 4.90 Å². The summed E-state index contributed by atoms with van der Waals surface area (Å²) in [6.45, 7) is 0. The average molecular weight is 298 g/mol. The first-order valence-electron chi connectivity index (χ1n) is 6.60. The van der Waals surface area contributed by atoms with Gasteiger partial charge in [-0.2, -0.15) is 0 Å². The van der Waals surface area contributed by atoms with E-state index in [-0.39, 0.29) is 5.82 Å². The highest BCUT2D eigenvalue weighted by molar-refractivity contribution is 6.30. The van der Waals surface area contributed by atoms with Crippen LogP contribution < -0.4 is 4.90 Å². The fraction of sp³-hybridized carbons (Fsp3) is 0.